The van der Waals surface area contributed by atoms with Crippen LogP contribution in [0.2, 0.25) is 0 Å². The first-order valence-electron chi connectivity index (χ1n) is 5.49. The maximum Gasteiger partial charge on any atom is 0.224 e. The van der Waals surface area contributed by atoms with E-state index in [9.17, 15) is 9.59 Å². The van der Waals surface area contributed by atoms with E-state index in [4.69, 9.17) is 10.5 Å². The lowest BCUT2D eigenvalue weighted by atomic mass is 10.0. The standard InChI is InChI=1S/C12H14N2O3/c13-11(15)5-6-17-9-2-3-10-8(7-9)1-4-12(16)14-10/h2-3,7H,1,4-6H2,(H2,13,15)(H,14,16). The SMILES string of the molecule is NC(=O)CCOc1ccc2c(c1)CCC(=O)N2. The van der Waals surface area contributed by atoms with Crippen LogP contribution in [-0.2, 0) is 16.0 Å². The second-order valence-electron chi connectivity index (χ2n) is 3.93. The van der Waals surface area contributed by atoms with Crippen LogP contribution in [0.4, 0.5) is 5.69 Å². The molecular formula is C12H14N2O3. The number of aryl methyl sites for hydroxylation is 1. The molecule has 17 heavy (non-hydrogen) atoms. The monoisotopic (exact) mass is 234 g/mol. The summed E-state index contributed by atoms with van der Waals surface area (Å²) in [6.45, 7) is 0.278. The van der Waals surface area contributed by atoms with E-state index in [1.54, 1.807) is 6.07 Å². The molecule has 0 bridgehead atoms. The minimum Gasteiger partial charge on any atom is -0.493 e. The summed E-state index contributed by atoms with van der Waals surface area (Å²) in [5.74, 6) is 0.358. The Morgan fingerprint density at radius 2 is 2.24 bits per heavy atom. The molecule has 1 aromatic rings. The molecule has 0 atom stereocenters. The Morgan fingerprint density at radius 3 is 3.00 bits per heavy atom. The number of hydrogen-bond acceptors (Lipinski definition) is 3. The third kappa shape index (κ3) is 2.96. The second kappa shape index (κ2) is 4.86. The largest absolute Gasteiger partial charge is 0.493 e. The Balaban J connectivity index is 2.01. The highest BCUT2D eigenvalue weighted by Gasteiger charge is 2.14. The Morgan fingerprint density at radius 1 is 1.41 bits per heavy atom. The van der Waals surface area contributed by atoms with Crippen molar-refractivity contribution in [3.05, 3.63) is 23.8 Å². The molecule has 2 amide bonds. The van der Waals surface area contributed by atoms with Crippen LogP contribution in [0.1, 0.15) is 18.4 Å². The number of nitrogens with one attached hydrogen (secondary N) is 1. The van der Waals surface area contributed by atoms with Crippen molar-refractivity contribution in [2.24, 2.45) is 5.73 Å². The normalized spacial score (nSPS) is 13.8. The molecule has 5 nitrogen and oxygen atoms in total. The topological polar surface area (TPSA) is 81.4 Å². The number of ether oxygens (including phenoxy) is 1. The Kier molecular flexibility index (Phi) is 3.27. The van der Waals surface area contributed by atoms with E-state index < -0.39 is 0 Å². The van der Waals surface area contributed by atoms with Gasteiger partial charge in [0.2, 0.25) is 11.8 Å². The molecule has 1 aliphatic rings. The molecule has 1 aliphatic heterocycles. The number of fused-ring (bicyclic) bond motifs is 1. The third-order valence-electron chi connectivity index (χ3n) is 2.59. The number of hydrogen-bond donors (Lipinski definition) is 2. The molecule has 0 unspecified atom stereocenters. The van der Waals surface area contributed by atoms with Crippen molar-refractivity contribution in [1.82, 2.24) is 0 Å². The van der Waals surface area contributed by atoms with E-state index in [1.165, 1.54) is 0 Å². The maximum atomic E-state index is 11.2. The van der Waals surface area contributed by atoms with Gasteiger partial charge in [-0.1, -0.05) is 0 Å². The fourth-order valence-electron chi connectivity index (χ4n) is 1.72. The zero-order chi connectivity index (χ0) is 12.3. The first-order valence-corrected chi connectivity index (χ1v) is 5.49. The van der Waals surface area contributed by atoms with Crippen molar-refractivity contribution in [3.63, 3.8) is 0 Å². The van der Waals surface area contributed by atoms with Crippen molar-refractivity contribution in [2.45, 2.75) is 19.3 Å². The number of amides is 2. The predicted molar refractivity (Wildman–Crippen MR) is 62.7 cm³/mol. The quantitative estimate of drug-likeness (QED) is 0.809. The van der Waals surface area contributed by atoms with Crippen molar-refractivity contribution >= 4 is 17.5 Å². The van der Waals surface area contributed by atoms with Crippen LogP contribution < -0.4 is 15.8 Å². The first kappa shape index (κ1) is 11.4. The summed E-state index contributed by atoms with van der Waals surface area (Å²) in [4.78, 5) is 21.7. The van der Waals surface area contributed by atoms with Crippen LogP contribution in [0.3, 0.4) is 0 Å². The van der Waals surface area contributed by atoms with Crippen LogP contribution in [0.25, 0.3) is 0 Å². The van der Waals surface area contributed by atoms with Gasteiger partial charge in [0.25, 0.3) is 0 Å². The molecule has 0 saturated carbocycles. The van der Waals surface area contributed by atoms with Gasteiger partial charge in [-0.05, 0) is 30.2 Å². The molecule has 3 N–H and O–H groups in total. The fraction of sp³-hybridized carbons (Fsp3) is 0.333. The molecule has 5 heteroatoms. The fourth-order valence-corrected chi connectivity index (χ4v) is 1.72. The van der Waals surface area contributed by atoms with Crippen molar-refractivity contribution in [1.29, 1.82) is 0 Å². The molecular weight excluding hydrogens is 220 g/mol. The number of rotatable bonds is 4. The van der Waals surface area contributed by atoms with Gasteiger partial charge in [0.1, 0.15) is 5.75 Å². The van der Waals surface area contributed by atoms with Gasteiger partial charge in [0.15, 0.2) is 0 Å². The molecule has 0 radical (unpaired) electrons. The number of carbonyl (C=O) groups excluding carboxylic acids is 2. The van der Waals surface area contributed by atoms with Gasteiger partial charge in [0, 0.05) is 12.1 Å². The lowest BCUT2D eigenvalue weighted by Gasteiger charge is -2.17. The van der Waals surface area contributed by atoms with Crippen LogP contribution in [-0.4, -0.2) is 18.4 Å². The van der Waals surface area contributed by atoms with Gasteiger partial charge in [-0.3, -0.25) is 9.59 Å². The maximum absolute atomic E-state index is 11.2. The smallest absolute Gasteiger partial charge is 0.224 e. The van der Waals surface area contributed by atoms with Gasteiger partial charge in [-0.2, -0.15) is 0 Å². The van der Waals surface area contributed by atoms with E-state index >= 15 is 0 Å². The molecule has 90 valence electrons. The van der Waals surface area contributed by atoms with E-state index in [0.717, 1.165) is 11.3 Å². The minimum absolute atomic E-state index is 0.0416. The summed E-state index contributed by atoms with van der Waals surface area (Å²) < 4.78 is 5.40. The van der Waals surface area contributed by atoms with E-state index in [0.29, 0.717) is 18.6 Å². The van der Waals surface area contributed by atoms with Gasteiger partial charge in [0.05, 0.1) is 13.0 Å². The average Bonchev–Trinajstić information content (AvgIpc) is 2.29. The summed E-state index contributed by atoms with van der Waals surface area (Å²) >= 11 is 0. The number of carbonyl (C=O) groups is 2. The van der Waals surface area contributed by atoms with Gasteiger partial charge in [-0.15, -0.1) is 0 Å². The van der Waals surface area contributed by atoms with E-state index in [-0.39, 0.29) is 24.8 Å². The highest BCUT2D eigenvalue weighted by molar-refractivity contribution is 5.93. The van der Waals surface area contributed by atoms with Crippen LogP contribution >= 0.6 is 0 Å². The van der Waals surface area contributed by atoms with Gasteiger partial charge < -0.3 is 15.8 Å². The van der Waals surface area contributed by atoms with Gasteiger partial charge >= 0.3 is 0 Å². The van der Waals surface area contributed by atoms with E-state index in [2.05, 4.69) is 5.32 Å². The molecule has 1 aromatic carbocycles. The molecule has 0 aromatic heterocycles. The lowest BCUT2D eigenvalue weighted by Crippen LogP contribution is -2.19. The van der Waals surface area contributed by atoms with Crippen LogP contribution in [0, 0.1) is 0 Å². The van der Waals surface area contributed by atoms with Crippen LogP contribution in [0.15, 0.2) is 18.2 Å². The second-order valence-corrected chi connectivity index (χ2v) is 3.93. The molecule has 0 spiro atoms. The van der Waals surface area contributed by atoms with Crippen molar-refractivity contribution in [2.75, 3.05) is 11.9 Å². The highest BCUT2D eigenvalue weighted by Crippen LogP contribution is 2.26. The van der Waals surface area contributed by atoms with Gasteiger partial charge in [-0.25, -0.2) is 0 Å². The van der Waals surface area contributed by atoms with Crippen molar-refractivity contribution in [3.8, 4) is 5.75 Å². The average molecular weight is 234 g/mol. The number of benzene rings is 1. The highest BCUT2D eigenvalue weighted by atomic mass is 16.5. The Labute approximate surface area is 98.9 Å². The number of primary amides is 1. The molecule has 2 rings (SSSR count). The zero-order valence-corrected chi connectivity index (χ0v) is 9.36. The zero-order valence-electron chi connectivity index (χ0n) is 9.36. The summed E-state index contributed by atoms with van der Waals surface area (Å²) in [5, 5.41) is 2.79. The lowest BCUT2D eigenvalue weighted by molar-refractivity contribution is -0.118. The Hall–Kier alpha value is -2.04. The molecule has 0 aliphatic carbocycles. The predicted octanol–water partition coefficient (Wildman–Crippen LogP) is 0.825. The third-order valence-corrected chi connectivity index (χ3v) is 2.59. The number of anilines is 1. The first-order chi connectivity index (χ1) is 8.15. The van der Waals surface area contributed by atoms with Crippen molar-refractivity contribution < 1.29 is 14.3 Å². The Bertz CT molecular complexity index is 457. The molecule has 0 fully saturated rings. The number of nitrogens with two attached hydrogens (primary N) is 1. The summed E-state index contributed by atoms with van der Waals surface area (Å²) in [6.07, 6.45) is 1.42. The minimum atomic E-state index is -0.379. The molecule has 1 heterocycles. The van der Waals surface area contributed by atoms with Crippen LogP contribution in [0.5, 0.6) is 5.75 Å². The summed E-state index contributed by atoms with van der Waals surface area (Å²) in [7, 11) is 0. The summed E-state index contributed by atoms with van der Waals surface area (Å²) in [6, 6.07) is 5.47. The van der Waals surface area contributed by atoms with E-state index in [1.807, 2.05) is 12.1 Å². The summed E-state index contributed by atoms with van der Waals surface area (Å²) in [5.41, 5.74) is 6.91. The molecule has 0 saturated heterocycles.